The summed E-state index contributed by atoms with van der Waals surface area (Å²) in [5.41, 5.74) is 0. The highest BCUT2D eigenvalue weighted by molar-refractivity contribution is 7.71. The van der Waals surface area contributed by atoms with Crippen molar-refractivity contribution in [1.82, 2.24) is 15.0 Å². The van der Waals surface area contributed by atoms with Crippen molar-refractivity contribution >= 4 is 35.2 Å². The van der Waals surface area contributed by atoms with Crippen molar-refractivity contribution in [3.8, 4) is 11.8 Å². The molecule has 0 aliphatic carbocycles. The van der Waals surface area contributed by atoms with Gasteiger partial charge in [-0.1, -0.05) is 30.3 Å². The second kappa shape index (κ2) is 4.91. The number of nitrogens with one attached hydrogen (secondary N) is 2. The maximum absolute atomic E-state index is 5.63. The van der Waals surface area contributed by atoms with Crippen LogP contribution in [-0.4, -0.2) is 15.0 Å². The van der Waals surface area contributed by atoms with Crippen LogP contribution in [0.25, 0.3) is 10.8 Å². The molecule has 3 aromatic rings. The smallest absolute Gasteiger partial charge is 0.304 e. The van der Waals surface area contributed by atoms with Gasteiger partial charge in [-0.25, -0.2) is 0 Å². The SMILES string of the molecule is S=c1nc(Oc2ccc3ccccc3c2)[nH]c(=S)[nH]1. The number of aromatic nitrogens is 3. The number of fused-ring (bicyclic) bond motifs is 1. The van der Waals surface area contributed by atoms with Crippen LogP contribution in [0.5, 0.6) is 11.8 Å². The van der Waals surface area contributed by atoms with E-state index >= 15 is 0 Å². The lowest BCUT2D eigenvalue weighted by Crippen LogP contribution is -1.94. The van der Waals surface area contributed by atoms with Gasteiger partial charge in [0, 0.05) is 0 Å². The number of rotatable bonds is 2. The van der Waals surface area contributed by atoms with Gasteiger partial charge >= 0.3 is 6.01 Å². The van der Waals surface area contributed by atoms with Crippen molar-refractivity contribution in [3.05, 3.63) is 52.0 Å². The number of ether oxygens (including phenoxy) is 1. The summed E-state index contributed by atoms with van der Waals surface area (Å²) in [5.74, 6) is 0.678. The summed E-state index contributed by atoms with van der Waals surface area (Å²) in [6, 6.07) is 14.1. The lowest BCUT2D eigenvalue weighted by molar-refractivity contribution is 0.438. The van der Waals surface area contributed by atoms with Gasteiger partial charge in [0.25, 0.3) is 0 Å². The second-order valence-corrected chi connectivity index (χ2v) is 4.71. The van der Waals surface area contributed by atoms with Crippen LogP contribution in [-0.2, 0) is 0 Å². The summed E-state index contributed by atoms with van der Waals surface area (Å²) in [6.07, 6.45) is 0. The molecule has 0 aliphatic heterocycles. The summed E-state index contributed by atoms with van der Waals surface area (Å²) >= 11 is 9.93. The molecule has 4 nitrogen and oxygen atoms in total. The molecule has 1 aromatic heterocycles. The van der Waals surface area contributed by atoms with Crippen LogP contribution in [0.3, 0.4) is 0 Å². The van der Waals surface area contributed by atoms with Gasteiger partial charge in [0.2, 0.25) is 4.77 Å². The van der Waals surface area contributed by atoms with Crippen molar-refractivity contribution in [3.63, 3.8) is 0 Å². The van der Waals surface area contributed by atoms with Gasteiger partial charge in [0.15, 0.2) is 4.77 Å². The van der Waals surface area contributed by atoms with E-state index in [1.165, 1.54) is 0 Å². The van der Waals surface area contributed by atoms with Crippen molar-refractivity contribution in [2.45, 2.75) is 0 Å². The molecule has 94 valence electrons. The number of H-pyrrole nitrogens is 2. The normalized spacial score (nSPS) is 10.5. The van der Waals surface area contributed by atoms with E-state index < -0.39 is 0 Å². The molecular formula is C13H9N3OS2. The molecule has 0 saturated heterocycles. The van der Waals surface area contributed by atoms with Crippen LogP contribution in [0.4, 0.5) is 0 Å². The maximum atomic E-state index is 5.63. The fraction of sp³-hybridized carbons (Fsp3) is 0. The summed E-state index contributed by atoms with van der Waals surface area (Å²) in [5, 5.41) is 2.25. The topological polar surface area (TPSA) is 53.7 Å². The fourth-order valence-electron chi connectivity index (χ4n) is 1.76. The number of nitrogens with zero attached hydrogens (tertiary/aromatic N) is 1. The van der Waals surface area contributed by atoms with Crippen LogP contribution in [0.15, 0.2) is 42.5 Å². The Balaban J connectivity index is 2.01. The summed E-state index contributed by atoms with van der Waals surface area (Å²) in [7, 11) is 0. The minimum atomic E-state index is 0.282. The molecule has 0 aliphatic rings. The van der Waals surface area contributed by atoms with Crippen molar-refractivity contribution in [1.29, 1.82) is 0 Å². The minimum Gasteiger partial charge on any atom is -0.426 e. The first-order valence-electron chi connectivity index (χ1n) is 5.58. The van der Waals surface area contributed by atoms with Crippen LogP contribution in [0.1, 0.15) is 0 Å². The maximum Gasteiger partial charge on any atom is 0.304 e. The fourth-order valence-corrected chi connectivity index (χ4v) is 2.20. The second-order valence-electron chi connectivity index (χ2n) is 3.91. The van der Waals surface area contributed by atoms with Gasteiger partial charge in [0.1, 0.15) is 5.75 Å². The zero-order valence-corrected chi connectivity index (χ0v) is 11.3. The molecule has 1 heterocycles. The molecule has 2 N–H and O–H groups in total. The van der Waals surface area contributed by atoms with Crippen LogP contribution in [0, 0.1) is 9.54 Å². The molecule has 6 heteroatoms. The van der Waals surface area contributed by atoms with Crippen molar-refractivity contribution in [2.24, 2.45) is 0 Å². The van der Waals surface area contributed by atoms with E-state index in [0.29, 0.717) is 15.3 Å². The van der Waals surface area contributed by atoms with E-state index in [1.54, 1.807) is 0 Å². The lowest BCUT2D eigenvalue weighted by atomic mass is 10.1. The Morgan fingerprint density at radius 1 is 0.947 bits per heavy atom. The van der Waals surface area contributed by atoms with E-state index in [0.717, 1.165) is 10.8 Å². The first-order valence-corrected chi connectivity index (χ1v) is 6.40. The molecule has 0 atom stereocenters. The van der Waals surface area contributed by atoms with Gasteiger partial charge in [-0.15, -0.1) is 0 Å². The summed E-state index contributed by atoms with van der Waals surface area (Å²) in [6.45, 7) is 0. The van der Waals surface area contributed by atoms with E-state index in [4.69, 9.17) is 29.2 Å². The Morgan fingerprint density at radius 3 is 2.53 bits per heavy atom. The van der Waals surface area contributed by atoms with E-state index in [-0.39, 0.29) is 6.01 Å². The zero-order chi connectivity index (χ0) is 13.2. The zero-order valence-electron chi connectivity index (χ0n) is 9.71. The number of hydrogen-bond acceptors (Lipinski definition) is 4. The average molecular weight is 287 g/mol. The third-order valence-corrected chi connectivity index (χ3v) is 2.98. The number of hydrogen-bond donors (Lipinski definition) is 2. The lowest BCUT2D eigenvalue weighted by Gasteiger charge is -2.05. The molecule has 0 bridgehead atoms. The molecule has 3 rings (SSSR count). The number of benzene rings is 2. The highest BCUT2D eigenvalue weighted by Gasteiger charge is 2.01. The number of aromatic amines is 2. The predicted molar refractivity (Wildman–Crippen MR) is 78.6 cm³/mol. The molecule has 0 saturated carbocycles. The predicted octanol–water partition coefficient (Wildman–Crippen LogP) is 4.14. The van der Waals surface area contributed by atoms with E-state index in [2.05, 4.69) is 15.0 Å². The van der Waals surface area contributed by atoms with Crippen molar-refractivity contribution in [2.75, 3.05) is 0 Å². The Morgan fingerprint density at radius 2 is 1.74 bits per heavy atom. The molecule has 0 radical (unpaired) electrons. The van der Waals surface area contributed by atoms with Gasteiger partial charge in [-0.05, 0) is 47.3 Å². The van der Waals surface area contributed by atoms with Crippen LogP contribution < -0.4 is 4.74 Å². The monoisotopic (exact) mass is 287 g/mol. The third kappa shape index (κ3) is 2.69. The van der Waals surface area contributed by atoms with Gasteiger partial charge in [-0.3, -0.25) is 4.98 Å². The molecular weight excluding hydrogens is 278 g/mol. The molecule has 0 amide bonds. The third-order valence-electron chi connectivity index (χ3n) is 2.58. The molecule has 0 fully saturated rings. The van der Waals surface area contributed by atoms with Gasteiger partial charge < -0.3 is 9.72 Å². The molecule has 0 spiro atoms. The quantitative estimate of drug-likeness (QED) is 0.695. The Bertz CT molecular complexity index is 826. The Hall–Kier alpha value is -2.05. The Labute approximate surface area is 119 Å². The largest absolute Gasteiger partial charge is 0.426 e. The molecule has 19 heavy (non-hydrogen) atoms. The van der Waals surface area contributed by atoms with Crippen LogP contribution in [0.2, 0.25) is 0 Å². The average Bonchev–Trinajstić information content (AvgIpc) is 2.37. The van der Waals surface area contributed by atoms with Crippen LogP contribution >= 0.6 is 24.4 Å². The van der Waals surface area contributed by atoms with Gasteiger partial charge in [0.05, 0.1) is 0 Å². The first-order chi connectivity index (χ1) is 9.20. The van der Waals surface area contributed by atoms with E-state index in [1.807, 2.05) is 42.5 Å². The molecule has 0 unspecified atom stereocenters. The minimum absolute atomic E-state index is 0.282. The van der Waals surface area contributed by atoms with Gasteiger partial charge in [-0.2, -0.15) is 4.98 Å². The highest BCUT2D eigenvalue weighted by Crippen LogP contribution is 2.23. The standard InChI is InChI=1S/C13H9N3OS2/c18-12-14-11(15-13(19)16-12)17-10-6-5-8-3-1-2-4-9(8)7-10/h1-7H,(H2,14,15,16,18,19). The highest BCUT2D eigenvalue weighted by atomic mass is 32.1. The molecule has 2 aromatic carbocycles. The van der Waals surface area contributed by atoms with Crippen molar-refractivity contribution < 1.29 is 4.74 Å². The summed E-state index contributed by atoms with van der Waals surface area (Å²) < 4.78 is 6.30. The first kappa shape index (κ1) is 12.0. The van der Waals surface area contributed by atoms with E-state index in [9.17, 15) is 0 Å². The Kier molecular flexibility index (Phi) is 3.10. The summed E-state index contributed by atoms with van der Waals surface area (Å²) in [4.78, 5) is 9.54.